The van der Waals surface area contributed by atoms with Gasteiger partial charge in [-0.3, -0.25) is 4.79 Å². The van der Waals surface area contributed by atoms with Gasteiger partial charge < -0.3 is 5.11 Å². The Morgan fingerprint density at radius 3 is 2.53 bits per heavy atom. The van der Waals surface area contributed by atoms with Crippen LogP contribution in [-0.4, -0.2) is 36.9 Å². The van der Waals surface area contributed by atoms with E-state index in [0.717, 1.165) is 0 Å². The minimum Gasteiger partial charge on any atom is -0.481 e. The normalized spacial score (nSPS) is 20.3. The van der Waals surface area contributed by atoms with Crippen LogP contribution in [0.2, 0.25) is 0 Å². The van der Waals surface area contributed by atoms with Gasteiger partial charge in [0.1, 0.15) is 4.21 Å². The first-order valence-electron chi connectivity index (χ1n) is 6.19. The average Bonchev–Trinajstić information content (AvgIpc) is 2.93. The molecule has 0 saturated carbocycles. The minimum absolute atomic E-state index is 0.278. The molecule has 0 amide bonds. The molecule has 1 fully saturated rings. The number of nitrogens with zero attached hydrogens (tertiary/aromatic N) is 1. The molecule has 7 heteroatoms. The lowest BCUT2D eigenvalue weighted by Crippen LogP contribution is -2.46. The molecule has 1 saturated heterocycles. The maximum Gasteiger partial charge on any atom is 0.309 e. The molecule has 1 aromatic rings. The quantitative estimate of drug-likeness (QED) is 0.923. The lowest BCUT2D eigenvalue weighted by Gasteiger charge is -2.37. The highest BCUT2D eigenvalue weighted by Gasteiger charge is 2.42. The molecule has 0 atom stereocenters. The van der Waals surface area contributed by atoms with Crippen molar-refractivity contribution in [2.24, 2.45) is 5.41 Å². The number of piperidine rings is 1. The zero-order chi connectivity index (χ0) is 14.1. The number of carboxylic acid groups (broad SMARTS) is 1. The largest absolute Gasteiger partial charge is 0.481 e. The van der Waals surface area contributed by atoms with Crippen molar-refractivity contribution in [3.05, 3.63) is 17.5 Å². The predicted molar refractivity (Wildman–Crippen MR) is 72.7 cm³/mol. The van der Waals surface area contributed by atoms with Crippen LogP contribution < -0.4 is 0 Å². The van der Waals surface area contributed by atoms with Gasteiger partial charge in [-0.2, -0.15) is 4.31 Å². The van der Waals surface area contributed by atoms with Gasteiger partial charge in [-0.05, 0) is 30.7 Å². The molecular formula is C12H17NO4S2. The van der Waals surface area contributed by atoms with Gasteiger partial charge in [0.05, 0.1) is 5.41 Å². The van der Waals surface area contributed by atoms with Crippen molar-refractivity contribution in [1.82, 2.24) is 4.31 Å². The summed E-state index contributed by atoms with van der Waals surface area (Å²) >= 11 is 1.19. The second-order valence-corrected chi connectivity index (χ2v) is 7.89. The van der Waals surface area contributed by atoms with E-state index in [1.807, 2.05) is 6.92 Å². The van der Waals surface area contributed by atoms with E-state index in [9.17, 15) is 18.3 Å². The van der Waals surface area contributed by atoms with Gasteiger partial charge in [0, 0.05) is 13.1 Å². The maximum absolute atomic E-state index is 12.3. The van der Waals surface area contributed by atoms with Gasteiger partial charge in [0.25, 0.3) is 10.0 Å². The van der Waals surface area contributed by atoms with E-state index >= 15 is 0 Å². The molecule has 0 aromatic carbocycles. The highest BCUT2D eigenvalue weighted by Crippen LogP contribution is 2.37. The average molecular weight is 303 g/mol. The third kappa shape index (κ3) is 2.54. The Kier molecular flexibility index (Phi) is 3.98. The SMILES string of the molecule is CCC1(C(=O)O)CCN(S(=O)(=O)c2cccs2)CC1. The molecular weight excluding hydrogens is 286 g/mol. The maximum atomic E-state index is 12.3. The van der Waals surface area contributed by atoms with E-state index in [1.54, 1.807) is 17.5 Å². The van der Waals surface area contributed by atoms with Gasteiger partial charge in [0.15, 0.2) is 0 Å². The van der Waals surface area contributed by atoms with E-state index in [4.69, 9.17) is 0 Å². The van der Waals surface area contributed by atoms with Crippen LogP contribution in [-0.2, 0) is 14.8 Å². The van der Waals surface area contributed by atoms with Crippen LogP contribution in [0.15, 0.2) is 21.7 Å². The predicted octanol–water partition coefficient (Wildman–Crippen LogP) is 2.01. The summed E-state index contributed by atoms with van der Waals surface area (Å²) in [6.07, 6.45) is 1.29. The van der Waals surface area contributed by atoms with Crippen LogP contribution in [0.5, 0.6) is 0 Å². The molecule has 106 valence electrons. The van der Waals surface area contributed by atoms with Crippen LogP contribution in [0.1, 0.15) is 26.2 Å². The van der Waals surface area contributed by atoms with E-state index in [1.165, 1.54) is 15.6 Å². The molecule has 2 rings (SSSR count). The molecule has 0 unspecified atom stereocenters. The van der Waals surface area contributed by atoms with Gasteiger partial charge in [0.2, 0.25) is 0 Å². The first kappa shape index (κ1) is 14.5. The summed E-state index contributed by atoms with van der Waals surface area (Å²) in [4.78, 5) is 11.3. The molecule has 0 bridgehead atoms. The highest BCUT2D eigenvalue weighted by molar-refractivity contribution is 7.91. The van der Waals surface area contributed by atoms with Gasteiger partial charge in [-0.1, -0.05) is 13.0 Å². The highest BCUT2D eigenvalue weighted by atomic mass is 32.2. The molecule has 0 aliphatic carbocycles. The Hall–Kier alpha value is -0.920. The van der Waals surface area contributed by atoms with Gasteiger partial charge in [-0.25, -0.2) is 8.42 Å². The third-order valence-corrected chi connectivity index (χ3v) is 7.17. The summed E-state index contributed by atoms with van der Waals surface area (Å²) in [5, 5.41) is 11.0. The van der Waals surface area contributed by atoms with Crippen molar-refractivity contribution in [1.29, 1.82) is 0 Å². The summed E-state index contributed by atoms with van der Waals surface area (Å²) in [5.41, 5.74) is -0.762. The molecule has 5 nitrogen and oxygen atoms in total. The van der Waals surface area contributed by atoms with Crippen LogP contribution in [0.4, 0.5) is 0 Å². The fourth-order valence-electron chi connectivity index (χ4n) is 2.41. The zero-order valence-electron chi connectivity index (χ0n) is 10.7. The third-order valence-electron chi connectivity index (χ3n) is 3.90. The fraction of sp³-hybridized carbons (Fsp3) is 0.583. The Morgan fingerprint density at radius 1 is 1.47 bits per heavy atom. The monoisotopic (exact) mass is 303 g/mol. The minimum atomic E-state index is -3.44. The Balaban J connectivity index is 2.15. The second-order valence-electron chi connectivity index (χ2n) is 4.78. The Morgan fingerprint density at radius 2 is 2.11 bits per heavy atom. The van der Waals surface area contributed by atoms with Crippen molar-refractivity contribution in [3.8, 4) is 0 Å². The van der Waals surface area contributed by atoms with Crippen LogP contribution >= 0.6 is 11.3 Å². The number of hydrogen-bond donors (Lipinski definition) is 1. The number of aliphatic carboxylic acids is 1. The van der Waals surface area contributed by atoms with Crippen LogP contribution in [0.3, 0.4) is 0 Å². The molecule has 19 heavy (non-hydrogen) atoms. The summed E-state index contributed by atoms with van der Waals surface area (Å²) in [6.45, 7) is 2.40. The number of sulfonamides is 1. The van der Waals surface area contributed by atoms with Gasteiger partial charge >= 0.3 is 5.97 Å². The van der Waals surface area contributed by atoms with Crippen molar-refractivity contribution >= 4 is 27.3 Å². The number of hydrogen-bond acceptors (Lipinski definition) is 4. The smallest absolute Gasteiger partial charge is 0.309 e. The molecule has 2 heterocycles. The number of thiophene rings is 1. The number of carboxylic acids is 1. The van der Waals surface area contributed by atoms with E-state index in [2.05, 4.69) is 0 Å². The van der Waals surface area contributed by atoms with Crippen molar-refractivity contribution in [2.45, 2.75) is 30.4 Å². The molecule has 1 aliphatic rings. The second kappa shape index (κ2) is 5.22. The molecule has 1 aliphatic heterocycles. The summed E-state index contributed by atoms with van der Waals surface area (Å²) in [7, 11) is -3.44. The lowest BCUT2D eigenvalue weighted by molar-refractivity contribution is -0.151. The standard InChI is InChI=1S/C12H17NO4S2/c1-2-12(11(14)15)5-7-13(8-6-12)19(16,17)10-4-3-9-18-10/h3-4,9H,2,5-8H2,1H3,(H,14,15). The molecule has 0 radical (unpaired) electrons. The van der Waals surface area contributed by atoms with Gasteiger partial charge in [-0.15, -0.1) is 11.3 Å². The van der Waals surface area contributed by atoms with E-state index in [-0.39, 0.29) is 13.1 Å². The Bertz CT molecular complexity index is 542. The first-order valence-corrected chi connectivity index (χ1v) is 8.51. The summed E-state index contributed by atoms with van der Waals surface area (Å²) < 4.78 is 26.3. The molecule has 0 spiro atoms. The van der Waals surface area contributed by atoms with E-state index < -0.39 is 21.4 Å². The van der Waals surface area contributed by atoms with Crippen LogP contribution in [0.25, 0.3) is 0 Å². The van der Waals surface area contributed by atoms with E-state index in [0.29, 0.717) is 23.5 Å². The van der Waals surface area contributed by atoms with Crippen LogP contribution in [0, 0.1) is 5.41 Å². The van der Waals surface area contributed by atoms with Crippen molar-refractivity contribution in [2.75, 3.05) is 13.1 Å². The zero-order valence-corrected chi connectivity index (χ0v) is 12.3. The molecule has 1 aromatic heterocycles. The number of rotatable bonds is 4. The molecule has 1 N–H and O–H groups in total. The lowest BCUT2D eigenvalue weighted by atomic mass is 9.77. The summed E-state index contributed by atoms with van der Waals surface area (Å²) in [6, 6.07) is 3.29. The Labute approximate surface area is 116 Å². The first-order chi connectivity index (χ1) is 8.92. The van der Waals surface area contributed by atoms with Crippen molar-refractivity contribution < 1.29 is 18.3 Å². The van der Waals surface area contributed by atoms with Crippen molar-refractivity contribution in [3.63, 3.8) is 0 Å². The summed E-state index contributed by atoms with van der Waals surface area (Å²) in [5.74, 6) is -0.817. The fourth-order valence-corrected chi connectivity index (χ4v) is 5.00. The topological polar surface area (TPSA) is 74.7 Å². The number of carbonyl (C=O) groups is 1.